The minimum absolute atomic E-state index is 0.331. The van der Waals surface area contributed by atoms with E-state index in [9.17, 15) is 0 Å². The maximum absolute atomic E-state index is 5.28. The molecular formula is C37H33N3S. The zero-order chi connectivity index (χ0) is 28.2. The highest BCUT2D eigenvalue weighted by atomic mass is 32.1. The summed E-state index contributed by atoms with van der Waals surface area (Å²) in [6.45, 7) is 11.3. The highest BCUT2D eigenvalue weighted by molar-refractivity contribution is 7.25. The Morgan fingerprint density at radius 2 is 1.34 bits per heavy atom. The maximum atomic E-state index is 5.28. The molecule has 4 aromatic carbocycles. The van der Waals surface area contributed by atoms with Crippen LogP contribution in [0.2, 0.25) is 0 Å². The van der Waals surface area contributed by atoms with E-state index in [1.807, 2.05) is 0 Å². The highest BCUT2D eigenvalue weighted by Gasteiger charge is 2.24. The number of aromatic nitrogens is 3. The molecule has 0 fully saturated rings. The lowest BCUT2D eigenvalue weighted by atomic mass is 9.88. The monoisotopic (exact) mass is 551 g/mol. The van der Waals surface area contributed by atoms with Gasteiger partial charge in [-0.1, -0.05) is 70.2 Å². The summed E-state index contributed by atoms with van der Waals surface area (Å²) in [6, 6.07) is 35.1. The van der Waals surface area contributed by atoms with E-state index in [1.165, 1.54) is 43.4 Å². The summed E-state index contributed by atoms with van der Waals surface area (Å²) in [5, 5.41) is 2.44. The molecule has 0 unspecified atom stereocenters. The van der Waals surface area contributed by atoms with Gasteiger partial charge in [0.25, 0.3) is 0 Å². The van der Waals surface area contributed by atoms with Gasteiger partial charge in [-0.25, -0.2) is 9.97 Å². The number of hydrogen-bond donors (Lipinski definition) is 0. The summed E-state index contributed by atoms with van der Waals surface area (Å²) >= 11 is 1.76. The first-order valence-corrected chi connectivity index (χ1v) is 15.2. The number of aryl methyl sites for hydroxylation is 1. The van der Waals surface area contributed by atoms with Gasteiger partial charge in [-0.2, -0.15) is 0 Å². The van der Waals surface area contributed by atoms with Gasteiger partial charge >= 0.3 is 0 Å². The first kappa shape index (κ1) is 25.7. The average molecular weight is 552 g/mol. The van der Waals surface area contributed by atoms with Gasteiger partial charge in [-0.15, -0.1) is 11.3 Å². The van der Waals surface area contributed by atoms with Gasteiger partial charge in [0, 0.05) is 26.7 Å². The number of rotatable bonds is 5. The molecule has 7 aromatic rings. The molecule has 202 valence electrons. The Morgan fingerprint density at radius 1 is 0.634 bits per heavy atom. The molecule has 4 heteroatoms. The van der Waals surface area contributed by atoms with Crippen molar-refractivity contribution in [2.75, 3.05) is 0 Å². The van der Waals surface area contributed by atoms with Crippen LogP contribution in [0.4, 0.5) is 0 Å². The second-order valence-corrected chi connectivity index (χ2v) is 12.6. The molecule has 0 radical (unpaired) electrons. The standard InChI is InChI=1S/C37H33N3S/c1-22(2)29-20-27(25-11-7-6-8-12-25)21-30(23(3)4)35(29)40-33-14-10-9-13-32(33)39-36(40)26-16-18-34-31(19-26)28-17-15-24(5)38-37(28)41-34/h6-23H,1-5H3. The van der Waals surface area contributed by atoms with E-state index >= 15 is 0 Å². The lowest BCUT2D eigenvalue weighted by Crippen LogP contribution is -2.09. The molecule has 3 heterocycles. The minimum Gasteiger partial charge on any atom is -0.292 e. The zero-order valence-corrected chi connectivity index (χ0v) is 25.0. The summed E-state index contributed by atoms with van der Waals surface area (Å²) < 4.78 is 3.68. The predicted molar refractivity (Wildman–Crippen MR) is 176 cm³/mol. The van der Waals surface area contributed by atoms with Crippen molar-refractivity contribution in [3.05, 3.63) is 114 Å². The van der Waals surface area contributed by atoms with E-state index < -0.39 is 0 Å². The second kappa shape index (κ2) is 9.97. The SMILES string of the molecule is Cc1ccc2c(n1)sc1ccc(-c3nc4ccccc4n3-c3c(C(C)C)cc(-c4ccccc4)cc3C(C)C)cc12. The summed E-state index contributed by atoms with van der Waals surface area (Å²) in [5.41, 5.74) is 10.7. The van der Waals surface area contributed by atoms with Crippen molar-refractivity contribution >= 4 is 42.7 Å². The molecule has 0 saturated carbocycles. The van der Waals surface area contributed by atoms with Gasteiger partial charge in [-0.3, -0.25) is 4.57 Å². The molecule has 0 aliphatic rings. The van der Waals surface area contributed by atoms with Crippen molar-refractivity contribution < 1.29 is 0 Å². The van der Waals surface area contributed by atoms with E-state index in [2.05, 4.69) is 136 Å². The molecule has 0 bridgehead atoms. The fraction of sp³-hybridized carbons (Fsp3) is 0.189. The van der Waals surface area contributed by atoms with Gasteiger partial charge in [0.1, 0.15) is 10.7 Å². The maximum Gasteiger partial charge on any atom is 0.145 e. The van der Waals surface area contributed by atoms with Gasteiger partial charge < -0.3 is 0 Å². The Morgan fingerprint density at radius 3 is 2.07 bits per heavy atom. The largest absolute Gasteiger partial charge is 0.292 e. The van der Waals surface area contributed by atoms with Gasteiger partial charge in [0.05, 0.1) is 16.7 Å². The molecule has 0 saturated heterocycles. The molecule has 0 atom stereocenters. The summed E-state index contributed by atoms with van der Waals surface area (Å²) in [4.78, 5) is 11.2. The number of benzene rings is 4. The number of fused-ring (bicyclic) bond motifs is 4. The van der Waals surface area contributed by atoms with Crippen LogP contribution in [0, 0.1) is 6.92 Å². The number of hydrogen-bond acceptors (Lipinski definition) is 3. The third kappa shape index (κ3) is 4.34. The topological polar surface area (TPSA) is 30.7 Å². The number of pyridine rings is 1. The summed E-state index contributed by atoms with van der Waals surface area (Å²) in [5.74, 6) is 1.64. The first-order chi connectivity index (χ1) is 19.9. The van der Waals surface area contributed by atoms with Crippen molar-refractivity contribution in [2.45, 2.75) is 46.5 Å². The van der Waals surface area contributed by atoms with Crippen molar-refractivity contribution in [3.8, 4) is 28.2 Å². The molecule has 0 N–H and O–H groups in total. The van der Waals surface area contributed by atoms with E-state index in [4.69, 9.17) is 9.97 Å². The molecule has 0 aliphatic carbocycles. The Bertz CT molecular complexity index is 2030. The fourth-order valence-corrected chi connectivity index (χ4v) is 7.05. The number of imidazole rings is 1. The fourth-order valence-electron chi connectivity index (χ4n) is 5.95. The number of nitrogens with zero attached hydrogens (tertiary/aromatic N) is 3. The Balaban J connectivity index is 1.54. The Hall–Kier alpha value is -4.28. The van der Waals surface area contributed by atoms with Crippen LogP contribution in [-0.2, 0) is 0 Å². The van der Waals surface area contributed by atoms with Gasteiger partial charge in [-0.05, 0) is 95.6 Å². The van der Waals surface area contributed by atoms with Crippen molar-refractivity contribution in [2.24, 2.45) is 0 Å². The lowest BCUT2D eigenvalue weighted by molar-refractivity contribution is 0.811. The first-order valence-electron chi connectivity index (χ1n) is 14.4. The van der Waals surface area contributed by atoms with Crippen molar-refractivity contribution in [1.82, 2.24) is 14.5 Å². The lowest BCUT2D eigenvalue weighted by Gasteiger charge is -2.24. The molecule has 41 heavy (non-hydrogen) atoms. The van der Waals surface area contributed by atoms with Crippen molar-refractivity contribution in [3.63, 3.8) is 0 Å². The highest BCUT2D eigenvalue weighted by Crippen LogP contribution is 2.41. The summed E-state index contributed by atoms with van der Waals surface area (Å²) in [6.07, 6.45) is 0. The number of para-hydroxylation sites is 2. The molecule has 0 spiro atoms. The average Bonchev–Trinajstić information content (AvgIpc) is 3.54. The Kier molecular flexibility index (Phi) is 6.24. The molecular weight excluding hydrogens is 518 g/mol. The van der Waals surface area contributed by atoms with Gasteiger partial charge in [0.2, 0.25) is 0 Å². The van der Waals surface area contributed by atoms with Gasteiger partial charge in [0.15, 0.2) is 0 Å². The van der Waals surface area contributed by atoms with Crippen LogP contribution < -0.4 is 0 Å². The van der Waals surface area contributed by atoms with Crippen LogP contribution in [0.5, 0.6) is 0 Å². The van der Waals surface area contributed by atoms with E-state index in [-0.39, 0.29) is 0 Å². The molecule has 7 rings (SSSR count). The molecule has 3 aromatic heterocycles. The second-order valence-electron chi connectivity index (χ2n) is 11.6. The van der Waals surface area contributed by atoms with Crippen LogP contribution >= 0.6 is 11.3 Å². The quantitative estimate of drug-likeness (QED) is 0.213. The smallest absolute Gasteiger partial charge is 0.145 e. The van der Waals surface area contributed by atoms with E-state index in [0.29, 0.717) is 11.8 Å². The third-order valence-electron chi connectivity index (χ3n) is 8.04. The van der Waals surface area contributed by atoms with Crippen LogP contribution in [0.25, 0.3) is 59.5 Å². The van der Waals surface area contributed by atoms with E-state index in [0.717, 1.165) is 32.9 Å². The zero-order valence-electron chi connectivity index (χ0n) is 24.1. The minimum atomic E-state index is 0.331. The normalized spacial score (nSPS) is 12.0. The van der Waals surface area contributed by atoms with E-state index in [1.54, 1.807) is 11.3 Å². The van der Waals surface area contributed by atoms with Crippen LogP contribution in [-0.4, -0.2) is 14.5 Å². The summed E-state index contributed by atoms with van der Waals surface area (Å²) in [7, 11) is 0. The molecule has 0 amide bonds. The Labute approximate surface area is 245 Å². The molecule has 0 aliphatic heterocycles. The van der Waals surface area contributed by atoms with Crippen molar-refractivity contribution in [1.29, 1.82) is 0 Å². The third-order valence-corrected chi connectivity index (χ3v) is 9.12. The van der Waals surface area contributed by atoms with Crippen LogP contribution in [0.1, 0.15) is 56.4 Å². The molecule has 3 nitrogen and oxygen atoms in total. The van der Waals surface area contributed by atoms with Crippen LogP contribution in [0.15, 0.2) is 97.1 Å². The number of thiophene rings is 1. The van der Waals surface area contributed by atoms with Crippen LogP contribution in [0.3, 0.4) is 0 Å². The predicted octanol–water partition coefficient (Wildman–Crippen LogP) is 10.7.